The first-order valence-corrected chi connectivity index (χ1v) is 6.78. The van der Waals surface area contributed by atoms with Crippen LogP contribution in [-0.2, 0) is 4.79 Å². The summed E-state index contributed by atoms with van der Waals surface area (Å²) in [6.07, 6.45) is 0. The van der Waals surface area contributed by atoms with Gasteiger partial charge in [-0.15, -0.1) is 0 Å². The summed E-state index contributed by atoms with van der Waals surface area (Å²) in [6, 6.07) is 5.03. The molecule has 0 unspecified atom stereocenters. The molecular weight excluding hydrogens is 256 g/mol. The van der Waals surface area contributed by atoms with Crippen LogP contribution in [0.1, 0.15) is 31.1 Å². The largest absolute Gasteiger partial charge is 0.478 e. The Kier molecular flexibility index (Phi) is 3.97. The van der Waals surface area contributed by atoms with E-state index in [9.17, 15) is 14.7 Å². The zero-order valence-corrected chi connectivity index (χ0v) is 12.0. The maximum atomic E-state index is 11.4. The Morgan fingerprint density at radius 1 is 1.35 bits per heavy atom. The van der Waals surface area contributed by atoms with Gasteiger partial charge in [0.2, 0.25) is 5.91 Å². The Hall–Kier alpha value is -2.04. The van der Waals surface area contributed by atoms with Gasteiger partial charge in [0.05, 0.1) is 11.3 Å². The lowest BCUT2D eigenvalue weighted by Gasteiger charge is -2.43. The molecule has 1 aliphatic rings. The second kappa shape index (κ2) is 5.53. The van der Waals surface area contributed by atoms with E-state index in [4.69, 9.17) is 0 Å². The van der Waals surface area contributed by atoms with E-state index in [1.54, 1.807) is 12.1 Å². The van der Waals surface area contributed by atoms with Gasteiger partial charge < -0.3 is 15.3 Å². The fourth-order valence-electron chi connectivity index (χ4n) is 2.40. The van der Waals surface area contributed by atoms with Crippen molar-refractivity contribution in [3.8, 4) is 0 Å². The number of hydrogen-bond donors (Lipinski definition) is 2. The number of nitrogens with zero attached hydrogens (tertiary/aromatic N) is 1. The molecule has 1 amide bonds. The summed E-state index contributed by atoms with van der Waals surface area (Å²) in [5, 5.41) is 11.9. The van der Waals surface area contributed by atoms with Gasteiger partial charge in [-0.1, -0.05) is 13.8 Å². The van der Waals surface area contributed by atoms with Crippen molar-refractivity contribution in [3.63, 3.8) is 0 Å². The van der Waals surface area contributed by atoms with E-state index in [0.717, 1.165) is 18.8 Å². The van der Waals surface area contributed by atoms with Crippen LogP contribution in [-0.4, -0.2) is 30.1 Å². The molecular formula is C15H20N2O3. The van der Waals surface area contributed by atoms with Crippen LogP contribution in [0.5, 0.6) is 0 Å². The summed E-state index contributed by atoms with van der Waals surface area (Å²) in [5.41, 5.74) is 1.47. The van der Waals surface area contributed by atoms with Crippen LogP contribution < -0.4 is 10.2 Å². The lowest BCUT2D eigenvalue weighted by Crippen LogP contribution is -2.49. The van der Waals surface area contributed by atoms with Crippen LogP contribution in [0.3, 0.4) is 0 Å². The van der Waals surface area contributed by atoms with Crippen molar-refractivity contribution in [2.75, 3.05) is 23.3 Å². The molecule has 0 atom stereocenters. The van der Waals surface area contributed by atoms with E-state index in [2.05, 4.69) is 24.1 Å². The first-order valence-electron chi connectivity index (χ1n) is 6.78. The van der Waals surface area contributed by atoms with Crippen LogP contribution in [0.25, 0.3) is 0 Å². The Morgan fingerprint density at radius 3 is 2.50 bits per heavy atom. The molecule has 2 rings (SSSR count). The Labute approximate surface area is 118 Å². The number of rotatable bonds is 4. The molecule has 0 radical (unpaired) electrons. The third-order valence-corrected chi connectivity index (χ3v) is 3.74. The van der Waals surface area contributed by atoms with Crippen molar-refractivity contribution >= 4 is 23.3 Å². The normalized spacial score (nSPS) is 15.1. The zero-order valence-electron chi connectivity index (χ0n) is 12.0. The number of hydrogen-bond acceptors (Lipinski definition) is 3. The first-order chi connectivity index (χ1) is 9.38. The molecule has 0 aliphatic carbocycles. The zero-order chi connectivity index (χ0) is 14.9. The van der Waals surface area contributed by atoms with Gasteiger partial charge >= 0.3 is 5.97 Å². The van der Waals surface area contributed by atoms with Crippen LogP contribution in [0, 0.1) is 11.8 Å². The minimum atomic E-state index is -0.972. The number of aromatic carboxylic acids is 1. The molecule has 5 heteroatoms. The Morgan fingerprint density at radius 2 is 2.00 bits per heavy atom. The minimum absolute atomic E-state index is 0.210. The molecule has 1 aliphatic heterocycles. The van der Waals surface area contributed by atoms with Gasteiger partial charge in [0.1, 0.15) is 0 Å². The standard InChI is InChI=1S/C15H20N2O3/c1-9(2)11-7-17(8-11)14-5-4-12(16-10(3)18)6-13(14)15(19)20/h4-6,9,11H,7-8H2,1-3H3,(H,16,18)(H,19,20). The summed E-state index contributed by atoms with van der Waals surface area (Å²) in [4.78, 5) is 24.5. The number of nitrogens with one attached hydrogen (secondary N) is 1. The molecule has 108 valence electrons. The molecule has 5 nitrogen and oxygen atoms in total. The van der Waals surface area contributed by atoms with Gasteiger partial charge in [-0.25, -0.2) is 4.79 Å². The highest BCUT2D eigenvalue weighted by atomic mass is 16.4. The van der Waals surface area contributed by atoms with Crippen LogP contribution in [0.2, 0.25) is 0 Å². The molecule has 2 N–H and O–H groups in total. The molecule has 0 spiro atoms. The molecule has 0 saturated carbocycles. The van der Waals surface area contributed by atoms with E-state index in [0.29, 0.717) is 17.5 Å². The third kappa shape index (κ3) is 2.92. The molecule has 1 heterocycles. The predicted octanol–water partition coefficient (Wildman–Crippen LogP) is 2.44. The Balaban J connectivity index is 2.21. The average molecular weight is 276 g/mol. The van der Waals surface area contributed by atoms with Gasteiger partial charge in [-0.3, -0.25) is 4.79 Å². The molecule has 20 heavy (non-hydrogen) atoms. The highest BCUT2D eigenvalue weighted by Crippen LogP contribution is 2.32. The molecule has 1 aromatic carbocycles. The van der Waals surface area contributed by atoms with E-state index < -0.39 is 5.97 Å². The van der Waals surface area contributed by atoms with Gasteiger partial charge in [0.25, 0.3) is 0 Å². The number of carbonyl (C=O) groups excluding carboxylic acids is 1. The van der Waals surface area contributed by atoms with Gasteiger partial charge in [0.15, 0.2) is 0 Å². The van der Waals surface area contributed by atoms with Crippen molar-refractivity contribution < 1.29 is 14.7 Å². The van der Waals surface area contributed by atoms with Gasteiger partial charge in [0, 0.05) is 25.7 Å². The lowest BCUT2D eigenvalue weighted by molar-refractivity contribution is -0.114. The SMILES string of the molecule is CC(=O)Nc1ccc(N2CC(C(C)C)C2)c(C(=O)O)c1. The third-order valence-electron chi connectivity index (χ3n) is 3.74. The van der Waals surface area contributed by atoms with E-state index >= 15 is 0 Å². The Bertz CT molecular complexity index is 534. The summed E-state index contributed by atoms with van der Waals surface area (Å²) in [5.74, 6) is 0.0444. The predicted molar refractivity (Wildman–Crippen MR) is 78.2 cm³/mol. The van der Waals surface area contributed by atoms with E-state index in [1.165, 1.54) is 13.0 Å². The van der Waals surface area contributed by atoms with Crippen LogP contribution in [0.15, 0.2) is 18.2 Å². The molecule has 0 aromatic heterocycles. The van der Waals surface area contributed by atoms with Crippen molar-refractivity contribution in [2.45, 2.75) is 20.8 Å². The van der Waals surface area contributed by atoms with Gasteiger partial charge in [-0.05, 0) is 30.0 Å². The highest BCUT2D eigenvalue weighted by molar-refractivity contribution is 5.97. The van der Waals surface area contributed by atoms with Crippen LogP contribution >= 0.6 is 0 Å². The molecule has 1 saturated heterocycles. The van der Waals surface area contributed by atoms with Crippen molar-refractivity contribution in [1.29, 1.82) is 0 Å². The molecule has 1 aromatic rings. The first kappa shape index (κ1) is 14.4. The number of carboxylic acid groups (broad SMARTS) is 1. The number of carboxylic acids is 1. The van der Waals surface area contributed by atoms with Crippen molar-refractivity contribution in [1.82, 2.24) is 0 Å². The number of carbonyl (C=O) groups is 2. The maximum Gasteiger partial charge on any atom is 0.337 e. The quantitative estimate of drug-likeness (QED) is 0.886. The van der Waals surface area contributed by atoms with E-state index in [-0.39, 0.29) is 11.5 Å². The number of amides is 1. The summed E-state index contributed by atoms with van der Waals surface area (Å²) in [6.45, 7) is 7.53. The topological polar surface area (TPSA) is 69.6 Å². The molecule has 1 fully saturated rings. The smallest absolute Gasteiger partial charge is 0.337 e. The minimum Gasteiger partial charge on any atom is -0.478 e. The van der Waals surface area contributed by atoms with Crippen molar-refractivity contribution in [3.05, 3.63) is 23.8 Å². The fourth-order valence-corrected chi connectivity index (χ4v) is 2.40. The summed E-state index contributed by atoms with van der Waals surface area (Å²) < 4.78 is 0. The lowest BCUT2D eigenvalue weighted by atomic mass is 9.87. The second-order valence-electron chi connectivity index (χ2n) is 5.63. The highest BCUT2D eigenvalue weighted by Gasteiger charge is 2.31. The average Bonchev–Trinajstić information content (AvgIpc) is 2.27. The van der Waals surface area contributed by atoms with Crippen molar-refractivity contribution in [2.24, 2.45) is 11.8 Å². The number of benzene rings is 1. The monoisotopic (exact) mass is 276 g/mol. The van der Waals surface area contributed by atoms with Gasteiger partial charge in [-0.2, -0.15) is 0 Å². The summed E-state index contributed by atoms with van der Waals surface area (Å²) in [7, 11) is 0. The second-order valence-corrected chi connectivity index (χ2v) is 5.63. The van der Waals surface area contributed by atoms with E-state index in [1.807, 2.05) is 0 Å². The maximum absolute atomic E-state index is 11.4. The summed E-state index contributed by atoms with van der Waals surface area (Å²) >= 11 is 0. The number of anilines is 2. The van der Waals surface area contributed by atoms with Crippen LogP contribution in [0.4, 0.5) is 11.4 Å². The molecule has 0 bridgehead atoms. The fraction of sp³-hybridized carbons (Fsp3) is 0.467.